The Morgan fingerprint density at radius 3 is 2.54 bits per heavy atom. The van der Waals surface area contributed by atoms with Crippen LogP contribution in [0.4, 0.5) is 5.69 Å². The summed E-state index contributed by atoms with van der Waals surface area (Å²) >= 11 is 1.62. The number of allylic oxidation sites excluding steroid dienone is 2. The maximum absolute atomic E-state index is 12.7. The Bertz CT molecular complexity index is 794. The van der Waals surface area contributed by atoms with Gasteiger partial charge in [-0.3, -0.25) is 0 Å². The molecule has 26 heavy (non-hydrogen) atoms. The number of amidine groups is 1. The zero-order valence-corrected chi connectivity index (χ0v) is 16.8. The molecule has 5 nitrogen and oxygen atoms in total. The molecule has 2 heterocycles. The van der Waals surface area contributed by atoms with Crippen LogP contribution in [0.2, 0.25) is 0 Å². The molecule has 0 spiro atoms. The molecule has 0 radical (unpaired) electrons. The maximum Gasteiger partial charge on any atom is 0.338 e. The van der Waals surface area contributed by atoms with Crippen LogP contribution in [-0.2, 0) is 9.53 Å². The number of carbonyl (C=O) groups excluding carboxylic acids is 1. The van der Waals surface area contributed by atoms with Gasteiger partial charge in [-0.1, -0.05) is 30.8 Å². The summed E-state index contributed by atoms with van der Waals surface area (Å²) in [6.07, 6.45) is 0.882. The Morgan fingerprint density at radius 2 is 1.96 bits per heavy atom. The number of fused-ring (bicyclic) bond motifs is 1. The second kappa shape index (κ2) is 7.58. The fourth-order valence-corrected chi connectivity index (χ4v) is 4.28. The first-order chi connectivity index (χ1) is 12.5. The molecule has 0 amide bonds. The maximum atomic E-state index is 12.7. The van der Waals surface area contributed by atoms with Crippen molar-refractivity contribution in [3.8, 4) is 0 Å². The van der Waals surface area contributed by atoms with Crippen LogP contribution in [0.1, 0.15) is 38.8 Å². The predicted molar refractivity (Wildman–Crippen MR) is 108 cm³/mol. The molecule has 0 saturated carbocycles. The van der Waals surface area contributed by atoms with E-state index in [4.69, 9.17) is 4.74 Å². The van der Waals surface area contributed by atoms with Gasteiger partial charge >= 0.3 is 5.97 Å². The number of rotatable bonds is 5. The molecule has 1 aromatic carbocycles. The van der Waals surface area contributed by atoms with Crippen LogP contribution in [-0.4, -0.2) is 36.7 Å². The highest BCUT2D eigenvalue weighted by atomic mass is 32.2. The number of hydrogen-bond donors (Lipinski definition) is 0. The van der Waals surface area contributed by atoms with Gasteiger partial charge in [-0.2, -0.15) is 0 Å². The monoisotopic (exact) mass is 371 g/mol. The smallest absolute Gasteiger partial charge is 0.338 e. The van der Waals surface area contributed by atoms with Crippen molar-refractivity contribution in [2.75, 3.05) is 25.6 Å². The molecule has 2 aliphatic heterocycles. The van der Waals surface area contributed by atoms with Crippen LogP contribution < -0.4 is 4.90 Å². The summed E-state index contributed by atoms with van der Waals surface area (Å²) in [6.45, 7) is 6.19. The zero-order valence-electron chi connectivity index (χ0n) is 15.9. The lowest BCUT2D eigenvalue weighted by Gasteiger charge is -2.36. The lowest BCUT2D eigenvalue weighted by Crippen LogP contribution is -2.36. The second-order valence-corrected chi connectivity index (χ2v) is 7.29. The molecule has 0 saturated heterocycles. The van der Waals surface area contributed by atoms with Crippen LogP contribution >= 0.6 is 11.8 Å². The van der Waals surface area contributed by atoms with E-state index in [0.29, 0.717) is 12.2 Å². The summed E-state index contributed by atoms with van der Waals surface area (Å²) in [5.74, 6) is -0.290. The molecule has 138 valence electrons. The van der Waals surface area contributed by atoms with Gasteiger partial charge in [0.25, 0.3) is 0 Å². The Kier molecular flexibility index (Phi) is 5.41. The third-order valence-corrected chi connectivity index (χ3v) is 5.47. The highest BCUT2D eigenvalue weighted by molar-refractivity contribution is 8.16. The Morgan fingerprint density at radius 1 is 1.27 bits per heavy atom. The molecule has 1 atom stereocenters. The molecule has 0 N–H and O–H groups in total. The first kappa shape index (κ1) is 18.6. The molecule has 0 fully saturated rings. The predicted octanol–water partition coefficient (Wildman–Crippen LogP) is 4.30. The lowest BCUT2D eigenvalue weighted by molar-refractivity contribution is -0.139. The Hall–Kier alpha value is -2.21. The van der Waals surface area contributed by atoms with E-state index < -0.39 is 0 Å². The van der Waals surface area contributed by atoms with Crippen molar-refractivity contribution in [2.45, 2.75) is 33.2 Å². The molecule has 1 aromatic rings. The lowest BCUT2D eigenvalue weighted by atomic mass is 9.93. The number of hydrogen-bond acceptors (Lipinski definition) is 6. The quantitative estimate of drug-likeness (QED) is 0.722. The van der Waals surface area contributed by atoms with E-state index in [-0.39, 0.29) is 12.0 Å². The highest BCUT2D eigenvalue weighted by Crippen LogP contribution is 2.44. The van der Waals surface area contributed by atoms with E-state index in [1.54, 1.807) is 11.8 Å². The van der Waals surface area contributed by atoms with Gasteiger partial charge < -0.3 is 14.5 Å². The van der Waals surface area contributed by atoms with Crippen molar-refractivity contribution in [1.29, 1.82) is 0 Å². The number of esters is 1. The van der Waals surface area contributed by atoms with Crippen LogP contribution in [0.15, 0.2) is 51.6 Å². The number of carbonyl (C=O) groups is 1. The van der Waals surface area contributed by atoms with Crippen LogP contribution in [0.5, 0.6) is 0 Å². The molecule has 2 aliphatic rings. The largest absolute Gasteiger partial charge is 0.463 e. The van der Waals surface area contributed by atoms with Crippen LogP contribution in [0, 0.1) is 0 Å². The summed E-state index contributed by atoms with van der Waals surface area (Å²) in [4.78, 5) is 21.7. The first-order valence-corrected chi connectivity index (χ1v) is 9.74. The fourth-order valence-electron chi connectivity index (χ4n) is 3.24. The number of benzene rings is 1. The van der Waals surface area contributed by atoms with Crippen molar-refractivity contribution in [3.05, 3.63) is 52.2 Å². The van der Waals surface area contributed by atoms with E-state index in [2.05, 4.69) is 51.4 Å². The number of anilines is 1. The standard InChI is InChI=1S/C20H25N3O2S/c1-6-15-12-26-20-21-13(3)17(19(24)25-7-2)18(23(15)20)14-8-10-16(11-9-14)22(4)5/h8-12,18H,6-7H2,1-5H3/t18-/m0/s1. The minimum Gasteiger partial charge on any atom is -0.463 e. The second-order valence-electron chi connectivity index (χ2n) is 6.45. The van der Waals surface area contributed by atoms with Crippen molar-refractivity contribution in [2.24, 2.45) is 4.99 Å². The number of nitrogens with zero attached hydrogens (tertiary/aromatic N) is 3. The number of aliphatic imine (C=N–C) groups is 1. The summed E-state index contributed by atoms with van der Waals surface area (Å²) < 4.78 is 5.36. The van der Waals surface area contributed by atoms with Crippen LogP contribution in [0.3, 0.4) is 0 Å². The van der Waals surface area contributed by atoms with Gasteiger partial charge in [0.1, 0.15) is 0 Å². The van der Waals surface area contributed by atoms with Gasteiger partial charge in [-0.15, -0.1) is 0 Å². The molecule has 0 bridgehead atoms. The molecule has 0 aliphatic carbocycles. The molecular weight excluding hydrogens is 346 g/mol. The summed E-state index contributed by atoms with van der Waals surface area (Å²) in [5.41, 5.74) is 4.71. The van der Waals surface area contributed by atoms with Crippen molar-refractivity contribution in [3.63, 3.8) is 0 Å². The summed E-state index contributed by atoms with van der Waals surface area (Å²) in [6, 6.07) is 8.13. The van der Waals surface area contributed by atoms with E-state index in [9.17, 15) is 4.79 Å². The first-order valence-electron chi connectivity index (χ1n) is 8.86. The molecule has 6 heteroatoms. The van der Waals surface area contributed by atoms with E-state index in [1.165, 1.54) is 5.70 Å². The minimum absolute atomic E-state index is 0.209. The number of ether oxygens (including phenoxy) is 1. The Labute approximate surface area is 159 Å². The van der Waals surface area contributed by atoms with Crippen molar-refractivity contribution in [1.82, 2.24) is 4.90 Å². The van der Waals surface area contributed by atoms with Gasteiger partial charge in [-0.25, -0.2) is 9.79 Å². The SMILES string of the molecule is CCOC(=O)C1=C(C)N=C2SC=C(CC)N2[C@H]1c1ccc(N(C)C)cc1. The van der Waals surface area contributed by atoms with E-state index >= 15 is 0 Å². The van der Waals surface area contributed by atoms with E-state index in [0.717, 1.165) is 28.5 Å². The third-order valence-electron chi connectivity index (χ3n) is 4.58. The molecule has 0 unspecified atom stereocenters. The van der Waals surface area contributed by atoms with Crippen molar-refractivity contribution >= 4 is 28.6 Å². The summed E-state index contributed by atoms with van der Waals surface area (Å²) in [7, 11) is 4.03. The average Bonchev–Trinajstić information content (AvgIpc) is 3.03. The fraction of sp³-hybridized carbons (Fsp3) is 0.400. The minimum atomic E-state index is -0.290. The molecule has 3 rings (SSSR count). The number of thioether (sulfide) groups is 1. The summed E-state index contributed by atoms with van der Waals surface area (Å²) in [5, 5.41) is 3.05. The third kappa shape index (κ3) is 3.26. The van der Waals surface area contributed by atoms with Gasteiger partial charge in [0, 0.05) is 25.5 Å². The Balaban J connectivity index is 2.10. The zero-order chi connectivity index (χ0) is 18.8. The van der Waals surface area contributed by atoms with Crippen LogP contribution in [0.25, 0.3) is 0 Å². The van der Waals surface area contributed by atoms with Gasteiger partial charge in [0.05, 0.1) is 23.9 Å². The van der Waals surface area contributed by atoms with Gasteiger partial charge in [0.2, 0.25) is 0 Å². The van der Waals surface area contributed by atoms with Gasteiger partial charge in [-0.05, 0) is 43.4 Å². The topological polar surface area (TPSA) is 45.1 Å². The highest BCUT2D eigenvalue weighted by Gasteiger charge is 2.40. The van der Waals surface area contributed by atoms with Crippen molar-refractivity contribution < 1.29 is 9.53 Å². The van der Waals surface area contributed by atoms with E-state index in [1.807, 2.05) is 27.9 Å². The van der Waals surface area contributed by atoms with Gasteiger partial charge in [0.15, 0.2) is 5.17 Å². The average molecular weight is 372 g/mol. The normalized spacial score (nSPS) is 19.1. The molecular formula is C20H25N3O2S. The molecule has 0 aromatic heterocycles.